The van der Waals surface area contributed by atoms with Gasteiger partial charge in [0, 0.05) is 5.56 Å². The lowest BCUT2D eigenvalue weighted by Crippen LogP contribution is -2.15. The Morgan fingerprint density at radius 3 is 2.75 bits per heavy atom. The predicted molar refractivity (Wildman–Crippen MR) is 48.3 cm³/mol. The summed E-state index contributed by atoms with van der Waals surface area (Å²) < 4.78 is 0. The smallest absolute Gasteiger partial charge is 0.170 e. The average Bonchev–Trinajstić information content (AvgIpc) is 2.16. The number of rotatable bonds is 2. The van der Waals surface area contributed by atoms with E-state index in [0.29, 0.717) is 0 Å². The fourth-order valence-electron chi connectivity index (χ4n) is 1.13. The standard InChI is InChI=1S/C9H12N2O/c1-2-7-5-3-4-6-8(7)9(10)11-12/h3-6,12H,2H2,1H3,(H2,10,11). The van der Waals surface area contributed by atoms with Crippen LogP contribution in [0.4, 0.5) is 0 Å². The second-order valence-corrected chi connectivity index (χ2v) is 2.50. The van der Waals surface area contributed by atoms with E-state index in [1.54, 1.807) is 0 Å². The Bertz CT molecular complexity index is 294. The van der Waals surface area contributed by atoms with Crippen molar-refractivity contribution in [1.29, 1.82) is 0 Å². The first-order valence-corrected chi connectivity index (χ1v) is 3.85. The van der Waals surface area contributed by atoms with Gasteiger partial charge in [-0.25, -0.2) is 0 Å². The van der Waals surface area contributed by atoms with Crippen LogP contribution in [0.2, 0.25) is 0 Å². The molecule has 1 aromatic carbocycles. The van der Waals surface area contributed by atoms with E-state index in [1.807, 2.05) is 31.2 Å². The van der Waals surface area contributed by atoms with Crippen molar-refractivity contribution in [3.05, 3.63) is 35.4 Å². The molecule has 1 rings (SSSR count). The predicted octanol–water partition coefficient (Wildman–Crippen LogP) is 1.34. The second kappa shape index (κ2) is 3.76. The highest BCUT2D eigenvalue weighted by Gasteiger charge is 2.02. The molecule has 3 N–H and O–H groups in total. The van der Waals surface area contributed by atoms with Crippen molar-refractivity contribution in [1.82, 2.24) is 0 Å². The quantitative estimate of drug-likeness (QED) is 0.300. The lowest BCUT2D eigenvalue weighted by molar-refractivity contribution is 0.318. The Labute approximate surface area is 71.5 Å². The molecule has 1 aromatic rings. The summed E-state index contributed by atoms with van der Waals surface area (Å²) in [6.07, 6.45) is 0.881. The van der Waals surface area contributed by atoms with Crippen LogP contribution in [-0.4, -0.2) is 11.0 Å². The number of nitrogens with zero attached hydrogens (tertiary/aromatic N) is 1. The van der Waals surface area contributed by atoms with Crippen molar-refractivity contribution in [2.24, 2.45) is 10.9 Å². The third kappa shape index (κ3) is 1.56. The molecule has 0 spiro atoms. The van der Waals surface area contributed by atoms with Gasteiger partial charge < -0.3 is 10.9 Å². The largest absolute Gasteiger partial charge is 0.409 e. The van der Waals surface area contributed by atoms with Gasteiger partial charge in [0.25, 0.3) is 0 Å². The van der Waals surface area contributed by atoms with Crippen LogP contribution in [0.15, 0.2) is 29.4 Å². The van der Waals surface area contributed by atoms with Crippen LogP contribution in [0, 0.1) is 0 Å². The Morgan fingerprint density at radius 1 is 1.50 bits per heavy atom. The number of oxime groups is 1. The number of nitrogens with two attached hydrogens (primary N) is 1. The third-order valence-corrected chi connectivity index (χ3v) is 1.78. The van der Waals surface area contributed by atoms with Gasteiger partial charge in [0.2, 0.25) is 0 Å². The Hall–Kier alpha value is -1.51. The van der Waals surface area contributed by atoms with E-state index in [1.165, 1.54) is 0 Å². The number of amidine groups is 1. The molecule has 0 heterocycles. The molecular weight excluding hydrogens is 152 g/mol. The first-order chi connectivity index (χ1) is 5.79. The summed E-state index contributed by atoms with van der Waals surface area (Å²) in [7, 11) is 0. The third-order valence-electron chi connectivity index (χ3n) is 1.78. The first kappa shape index (κ1) is 8.59. The molecule has 0 aliphatic heterocycles. The molecule has 3 heteroatoms. The van der Waals surface area contributed by atoms with Gasteiger partial charge in [-0.1, -0.05) is 36.3 Å². The summed E-state index contributed by atoms with van der Waals surface area (Å²) in [6, 6.07) is 7.61. The minimum Gasteiger partial charge on any atom is -0.409 e. The van der Waals surface area contributed by atoms with Crippen LogP contribution >= 0.6 is 0 Å². The van der Waals surface area contributed by atoms with E-state index in [-0.39, 0.29) is 5.84 Å². The fourth-order valence-corrected chi connectivity index (χ4v) is 1.13. The molecule has 0 aliphatic carbocycles. The van der Waals surface area contributed by atoms with Crippen molar-refractivity contribution in [3.63, 3.8) is 0 Å². The lowest BCUT2D eigenvalue weighted by Gasteiger charge is -2.04. The van der Waals surface area contributed by atoms with Gasteiger partial charge in [0.05, 0.1) is 0 Å². The van der Waals surface area contributed by atoms with E-state index < -0.39 is 0 Å². The summed E-state index contributed by atoms with van der Waals surface area (Å²) >= 11 is 0. The monoisotopic (exact) mass is 164 g/mol. The zero-order chi connectivity index (χ0) is 8.97. The Balaban J connectivity index is 3.13. The Kier molecular flexibility index (Phi) is 2.69. The van der Waals surface area contributed by atoms with E-state index in [9.17, 15) is 0 Å². The van der Waals surface area contributed by atoms with E-state index in [2.05, 4.69) is 5.16 Å². The number of hydrogen-bond donors (Lipinski definition) is 2. The highest BCUT2D eigenvalue weighted by molar-refractivity contribution is 5.98. The first-order valence-electron chi connectivity index (χ1n) is 3.85. The zero-order valence-corrected chi connectivity index (χ0v) is 6.99. The molecule has 0 saturated heterocycles. The van der Waals surface area contributed by atoms with Crippen molar-refractivity contribution >= 4 is 5.84 Å². The SMILES string of the molecule is CCc1ccccc1/C(N)=N/O. The topological polar surface area (TPSA) is 58.6 Å². The van der Waals surface area contributed by atoms with Gasteiger partial charge in [-0.05, 0) is 12.0 Å². The fraction of sp³-hybridized carbons (Fsp3) is 0.222. The molecule has 0 aromatic heterocycles. The van der Waals surface area contributed by atoms with Crippen LogP contribution in [0.5, 0.6) is 0 Å². The van der Waals surface area contributed by atoms with Crippen LogP contribution in [0.25, 0.3) is 0 Å². The van der Waals surface area contributed by atoms with Gasteiger partial charge in [0.15, 0.2) is 5.84 Å². The molecule has 0 aliphatic rings. The highest BCUT2D eigenvalue weighted by atomic mass is 16.4. The average molecular weight is 164 g/mol. The molecule has 3 nitrogen and oxygen atoms in total. The number of benzene rings is 1. The van der Waals surface area contributed by atoms with Crippen LogP contribution in [-0.2, 0) is 6.42 Å². The van der Waals surface area contributed by atoms with Gasteiger partial charge in [0.1, 0.15) is 0 Å². The summed E-state index contributed by atoms with van der Waals surface area (Å²) in [4.78, 5) is 0. The molecule has 0 radical (unpaired) electrons. The van der Waals surface area contributed by atoms with Crippen LogP contribution in [0.1, 0.15) is 18.1 Å². The molecule has 0 saturated carbocycles. The molecule has 0 atom stereocenters. The molecule has 0 amide bonds. The summed E-state index contributed by atoms with van der Waals surface area (Å²) in [5, 5.41) is 11.4. The van der Waals surface area contributed by atoms with Gasteiger partial charge in [-0.2, -0.15) is 0 Å². The molecule has 64 valence electrons. The summed E-state index contributed by atoms with van der Waals surface area (Å²) in [5.41, 5.74) is 7.37. The van der Waals surface area contributed by atoms with Crippen molar-refractivity contribution in [2.75, 3.05) is 0 Å². The lowest BCUT2D eigenvalue weighted by atomic mass is 10.1. The van der Waals surface area contributed by atoms with Crippen molar-refractivity contribution in [3.8, 4) is 0 Å². The molecule has 0 bridgehead atoms. The maximum Gasteiger partial charge on any atom is 0.170 e. The number of hydrogen-bond acceptors (Lipinski definition) is 2. The van der Waals surface area contributed by atoms with Crippen molar-refractivity contribution < 1.29 is 5.21 Å². The maximum atomic E-state index is 8.47. The number of aryl methyl sites for hydroxylation is 1. The maximum absolute atomic E-state index is 8.47. The zero-order valence-electron chi connectivity index (χ0n) is 6.99. The summed E-state index contributed by atoms with van der Waals surface area (Å²) in [5.74, 6) is 0.174. The van der Waals surface area contributed by atoms with Crippen LogP contribution < -0.4 is 5.73 Å². The Morgan fingerprint density at radius 2 is 2.17 bits per heavy atom. The van der Waals surface area contributed by atoms with Gasteiger partial charge in [-0.15, -0.1) is 0 Å². The molecule has 0 fully saturated rings. The minimum absolute atomic E-state index is 0.174. The van der Waals surface area contributed by atoms with Crippen LogP contribution in [0.3, 0.4) is 0 Å². The minimum atomic E-state index is 0.174. The van der Waals surface area contributed by atoms with Crippen molar-refractivity contribution in [2.45, 2.75) is 13.3 Å². The molecule has 12 heavy (non-hydrogen) atoms. The van der Waals surface area contributed by atoms with E-state index >= 15 is 0 Å². The molecular formula is C9H12N2O. The molecule has 0 unspecified atom stereocenters. The highest BCUT2D eigenvalue weighted by Crippen LogP contribution is 2.08. The van der Waals surface area contributed by atoms with Gasteiger partial charge >= 0.3 is 0 Å². The van der Waals surface area contributed by atoms with E-state index in [0.717, 1.165) is 17.5 Å². The second-order valence-electron chi connectivity index (χ2n) is 2.50. The van der Waals surface area contributed by atoms with Gasteiger partial charge in [-0.3, -0.25) is 0 Å². The van der Waals surface area contributed by atoms with E-state index in [4.69, 9.17) is 10.9 Å². The summed E-state index contributed by atoms with van der Waals surface area (Å²) in [6.45, 7) is 2.03. The normalized spacial score (nSPS) is 11.6.